The Kier molecular flexibility index (Phi) is 12.4. The first-order chi connectivity index (χ1) is 34.0. The van der Waals surface area contributed by atoms with Crippen LogP contribution in [0.5, 0.6) is 23.0 Å². The molecule has 1 N–H and O–H groups in total. The number of piperidine rings is 3. The lowest BCUT2D eigenvalue weighted by Crippen LogP contribution is -2.76. The third kappa shape index (κ3) is 7.24. The van der Waals surface area contributed by atoms with Crippen LogP contribution in [0.3, 0.4) is 0 Å². The first kappa shape index (κ1) is 47.1. The minimum absolute atomic E-state index is 0.0438. The third-order valence-electron chi connectivity index (χ3n) is 18.4. The maximum Gasteiger partial charge on any atom is 0.226 e. The molecule has 12 heteroatoms. The molecule has 4 aromatic rings. The molecule has 13 rings (SSSR count). The molecular weight excluding hydrogens is 881 g/mol. The van der Waals surface area contributed by atoms with Crippen LogP contribution in [0, 0.1) is 5.92 Å². The zero-order valence-electron chi connectivity index (χ0n) is 41.7. The number of aliphatic hydroxyl groups is 1. The van der Waals surface area contributed by atoms with Crippen molar-refractivity contribution in [3.8, 4) is 23.0 Å². The maximum atomic E-state index is 12.7. The first-order valence-electron chi connectivity index (χ1n) is 26.0. The number of hydrogen-bond acceptors (Lipinski definition) is 11. The second-order valence-corrected chi connectivity index (χ2v) is 21.5. The summed E-state index contributed by atoms with van der Waals surface area (Å²) < 4.78 is 23.4. The minimum atomic E-state index is -0.900. The van der Waals surface area contributed by atoms with Gasteiger partial charge in [0.05, 0.1) is 25.2 Å². The molecule has 0 aromatic heterocycles. The number of carbonyl (C=O) groups excluding carboxylic acids is 3. The topological polar surface area (TPSA) is 121 Å². The molecule has 1 amide bonds. The van der Waals surface area contributed by atoms with Crippen LogP contribution in [0.1, 0.15) is 92.5 Å². The van der Waals surface area contributed by atoms with Gasteiger partial charge < -0.3 is 43.7 Å². The molecule has 5 aliphatic heterocycles. The summed E-state index contributed by atoms with van der Waals surface area (Å²) in [5.74, 6) is 4.16. The van der Waals surface area contributed by atoms with Crippen LogP contribution in [-0.4, -0.2) is 134 Å². The van der Waals surface area contributed by atoms with Gasteiger partial charge in [-0.2, -0.15) is 0 Å². The van der Waals surface area contributed by atoms with Crippen molar-refractivity contribution in [2.75, 3.05) is 65.9 Å². The summed E-state index contributed by atoms with van der Waals surface area (Å²) >= 11 is 0. The number of Topliss-reactive ketones (excluding diaryl/α,β-unsaturated/α-hetero) is 2. The number of methoxy groups -OCH3 is 2. The van der Waals surface area contributed by atoms with E-state index in [-0.39, 0.29) is 35.0 Å². The van der Waals surface area contributed by atoms with E-state index in [9.17, 15) is 19.5 Å². The highest BCUT2D eigenvalue weighted by atomic mass is 16.5. The number of ether oxygens (including phenoxy) is 4. The highest BCUT2D eigenvalue weighted by Crippen LogP contribution is 2.65. The lowest BCUT2D eigenvalue weighted by atomic mass is 9.49. The predicted molar refractivity (Wildman–Crippen MR) is 268 cm³/mol. The minimum Gasteiger partial charge on any atom is -0.493 e. The SMILES string of the molecule is CCC(=O)N(c1ccccc1)C1CCN(CCc2ccccc2)CC1.COc1ccc2c3c1O[C@H]1C(=O)CC[C@@]4(O)[C@@H](C2)N(C)CC[C@]314.COc1ccc2c3c1O[C@H]1C(=O)CC[C@H]4[C@@H](C2)N(C)CC[C@]314. The van der Waals surface area contributed by atoms with E-state index in [1.807, 2.05) is 42.2 Å². The van der Waals surface area contributed by atoms with Crippen LogP contribution < -0.4 is 23.8 Å². The Balaban J connectivity index is 0.000000114. The van der Waals surface area contributed by atoms with Crippen molar-refractivity contribution in [2.24, 2.45) is 5.92 Å². The van der Waals surface area contributed by atoms with Crippen LogP contribution in [0.25, 0.3) is 0 Å². The smallest absolute Gasteiger partial charge is 0.226 e. The summed E-state index contributed by atoms with van der Waals surface area (Å²) in [5.41, 5.74) is 5.75. The number of nitrogens with zero attached hydrogens (tertiary/aromatic N) is 4. The summed E-state index contributed by atoms with van der Waals surface area (Å²) in [6.07, 6.45) is 9.12. The Morgan fingerprint density at radius 2 is 1.36 bits per heavy atom. The van der Waals surface area contributed by atoms with E-state index in [0.717, 1.165) is 107 Å². The van der Waals surface area contributed by atoms with E-state index in [1.165, 1.54) is 22.3 Å². The second-order valence-electron chi connectivity index (χ2n) is 21.5. The Morgan fingerprint density at radius 3 is 2.04 bits per heavy atom. The fraction of sp³-hybridized carbons (Fsp3) is 0.534. The quantitative estimate of drug-likeness (QED) is 0.195. The van der Waals surface area contributed by atoms with E-state index >= 15 is 0 Å². The predicted octanol–water partition coefficient (Wildman–Crippen LogP) is 7.12. The third-order valence-corrected chi connectivity index (χ3v) is 18.4. The van der Waals surface area contributed by atoms with Gasteiger partial charge in [-0.05, 0) is 132 Å². The van der Waals surface area contributed by atoms with Crippen molar-refractivity contribution in [3.63, 3.8) is 0 Å². The zero-order chi connectivity index (χ0) is 48.5. The molecule has 5 fully saturated rings. The number of para-hydroxylation sites is 1. The summed E-state index contributed by atoms with van der Waals surface area (Å²) in [6, 6.07) is 29.9. The van der Waals surface area contributed by atoms with Gasteiger partial charge in [0.25, 0.3) is 0 Å². The number of ketones is 2. The van der Waals surface area contributed by atoms with Gasteiger partial charge in [0.15, 0.2) is 46.8 Å². The standard InChI is InChI=1S/C22H28N2O.C18H21NO4.C18H21NO3/c1-2-22(25)24(20-11-7-4-8-12-20)21-14-17-23(18-15-21)16-13-19-9-5-3-6-10-19;1-19-8-7-17-14-10-3-4-12(22-2)15(14)23-16(17)11(20)5-6-18(17,21)13(19)9-10;1-19-8-7-18-11-4-5-13(20)17(18)22-16-14(21-2)6-3-10(15(16)18)9-12(11)19/h3-12,21H,2,13-18H2,1H3;3-4,13,16,21H,5-9H2,1-2H3;3,6,11-12,17H,4-5,7-9H2,1-2H3/t;13-,16+,17+,18-;11-,12+,17-,18-/m.10/s1. The van der Waals surface area contributed by atoms with E-state index in [1.54, 1.807) is 14.2 Å². The van der Waals surface area contributed by atoms with Crippen molar-refractivity contribution < 1.29 is 38.4 Å². The number of rotatable bonds is 8. The molecule has 4 aliphatic carbocycles. The molecule has 3 saturated heterocycles. The zero-order valence-corrected chi connectivity index (χ0v) is 41.7. The number of carbonyl (C=O) groups is 3. The Hall–Kier alpha value is -5.27. The van der Waals surface area contributed by atoms with Gasteiger partial charge in [0, 0.05) is 79.3 Å². The molecule has 4 aromatic carbocycles. The van der Waals surface area contributed by atoms with E-state index in [0.29, 0.717) is 55.2 Å². The van der Waals surface area contributed by atoms with Crippen molar-refractivity contribution >= 4 is 23.2 Å². The molecule has 70 heavy (non-hydrogen) atoms. The molecule has 5 heterocycles. The Morgan fingerprint density at radius 1 is 0.729 bits per heavy atom. The molecule has 12 nitrogen and oxygen atoms in total. The van der Waals surface area contributed by atoms with Gasteiger partial charge in [0.2, 0.25) is 5.91 Å². The molecule has 370 valence electrons. The fourth-order valence-electron chi connectivity index (χ4n) is 15.0. The van der Waals surface area contributed by atoms with Gasteiger partial charge in [0.1, 0.15) is 0 Å². The summed E-state index contributed by atoms with van der Waals surface area (Å²) in [7, 11) is 7.61. The van der Waals surface area contributed by atoms with Gasteiger partial charge >= 0.3 is 0 Å². The number of amides is 1. The summed E-state index contributed by atoms with van der Waals surface area (Å²) in [6.45, 7) is 7.10. The van der Waals surface area contributed by atoms with Crippen LogP contribution in [-0.2, 0) is 44.5 Å². The molecular formula is C58H70N4O8. The number of likely N-dealkylation sites (N-methyl/N-ethyl adjacent to an activating group) is 2. The molecule has 2 spiro atoms. The first-order valence-corrected chi connectivity index (χ1v) is 26.0. The van der Waals surface area contributed by atoms with Crippen LogP contribution in [0.15, 0.2) is 84.9 Å². The van der Waals surface area contributed by atoms with Crippen LogP contribution >= 0.6 is 0 Å². The number of likely N-dealkylation sites (tertiary alicyclic amines) is 3. The molecule has 8 atom stereocenters. The molecule has 0 unspecified atom stereocenters. The number of benzene rings is 4. The Bertz CT molecular complexity index is 2640. The fourth-order valence-corrected chi connectivity index (χ4v) is 15.0. The number of hydrogen-bond donors (Lipinski definition) is 1. The maximum absolute atomic E-state index is 12.7. The van der Waals surface area contributed by atoms with Gasteiger partial charge in [-0.15, -0.1) is 0 Å². The van der Waals surface area contributed by atoms with E-state index in [4.69, 9.17) is 18.9 Å². The molecule has 4 bridgehead atoms. The summed E-state index contributed by atoms with van der Waals surface area (Å²) in [5, 5.41) is 11.7. The van der Waals surface area contributed by atoms with Crippen molar-refractivity contribution in [1.29, 1.82) is 0 Å². The van der Waals surface area contributed by atoms with E-state index in [2.05, 4.69) is 83.4 Å². The van der Waals surface area contributed by atoms with Gasteiger partial charge in [-0.25, -0.2) is 0 Å². The van der Waals surface area contributed by atoms with Crippen molar-refractivity contribution in [2.45, 2.75) is 131 Å². The van der Waals surface area contributed by atoms with E-state index < -0.39 is 17.1 Å². The van der Waals surface area contributed by atoms with Crippen molar-refractivity contribution in [1.82, 2.24) is 14.7 Å². The highest BCUT2D eigenvalue weighted by molar-refractivity contribution is 5.94. The lowest BCUT2D eigenvalue weighted by Gasteiger charge is -2.62. The highest BCUT2D eigenvalue weighted by Gasteiger charge is 2.73. The normalized spacial score (nSPS) is 31.1. The largest absolute Gasteiger partial charge is 0.493 e. The average molecular weight is 951 g/mol. The average Bonchev–Trinajstić information content (AvgIpc) is 3.94. The second kappa shape index (κ2) is 18.4. The van der Waals surface area contributed by atoms with Crippen LogP contribution in [0.4, 0.5) is 5.69 Å². The van der Waals surface area contributed by atoms with Crippen molar-refractivity contribution in [3.05, 3.63) is 113 Å². The molecule has 2 saturated carbocycles. The lowest BCUT2D eigenvalue weighted by molar-refractivity contribution is -0.185. The number of anilines is 1. The van der Waals surface area contributed by atoms with Crippen LogP contribution in [0.2, 0.25) is 0 Å². The Labute approximate surface area is 413 Å². The molecule has 9 aliphatic rings. The summed E-state index contributed by atoms with van der Waals surface area (Å²) in [4.78, 5) is 47.1. The monoisotopic (exact) mass is 951 g/mol. The van der Waals surface area contributed by atoms with Gasteiger partial charge in [-0.3, -0.25) is 14.4 Å². The molecule has 0 radical (unpaired) electrons. The van der Waals surface area contributed by atoms with Gasteiger partial charge in [-0.1, -0.05) is 67.6 Å².